The average Bonchev–Trinajstić information content (AvgIpc) is 2.65. The van der Waals surface area contributed by atoms with Crippen LogP contribution in [0.5, 0.6) is 0 Å². The van der Waals surface area contributed by atoms with Crippen LogP contribution in [-0.2, 0) is 0 Å². The van der Waals surface area contributed by atoms with Gasteiger partial charge in [0.2, 0.25) is 0 Å². The topological polar surface area (TPSA) is 30.2 Å². The minimum absolute atomic E-state index is 0.0376. The van der Waals surface area contributed by atoms with Crippen LogP contribution in [0.2, 0.25) is 5.02 Å². The summed E-state index contributed by atoms with van der Waals surface area (Å²) in [4.78, 5) is 13.1. The molecule has 0 N–H and O–H groups in total. The van der Waals surface area contributed by atoms with Gasteiger partial charge in [-0.2, -0.15) is 0 Å². The van der Waals surface area contributed by atoms with E-state index in [9.17, 15) is 4.79 Å². The van der Waals surface area contributed by atoms with Gasteiger partial charge in [-0.1, -0.05) is 0 Å². The first-order valence-electron chi connectivity index (χ1n) is 7.77. The van der Waals surface area contributed by atoms with E-state index < -0.39 is 0 Å². The van der Waals surface area contributed by atoms with Gasteiger partial charge < -0.3 is 0 Å². The van der Waals surface area contributed by atoms with Crippen LogP contribution in [0.1, 0.15) is 0 Å². The Hall–Kier alpha value is -2.32. The fraction of sp³-hybridized carbons (Fsp3) is 0. The monoisotopic (exact) mass is 412 g/mol. The van der Waals surface area contributed by atoms with E-state index >= 15 is 0 Å². The summed E-state index contributed by atoms with van der Waals surface area (Å²) < 4.78 is 8.00. The molecule has 0 unspecified atom stereocenters. The first kappa shape index (κ1) is 16.2. The van der Waals surface area contributed by atoms with E-state index in [1.54, 1.807) is 0 Å². The molecule has 25 heavy (non-hydrogen) atoms. The molecule has 4 heteroatoms. The van der Waals surface area contributed by atoms with Crippen LogP contribution < -0.4 is 14.4 Å². The van der Waals surface area contributed by atoms with Crippen molar-refractivity contribution in [2.45, 2.75) is 0 Å². The fourth-order valence-electron chi connectivity index (χ4n) is 2.62. The SMILES string of the molecule is O=c1c([Se]c2ccccc2)c(-c2ccc(Cl)cc2)oc2ccccc12. The Morgan fingerprint density at radius 2 is 1.48 bits per heavy atom. The van der Waals surface area contributed by atoms with E-state index in [1.807, 2.05) is 78.9 Å². The molecule has 4 rings (SSSR count). The second-order valence-electron chi connectivity index (χ2n) is 5.51. The fourth-order valence-corrected chi connectivity index (χ4v) is 4.81. The Balaban J connectivity index is 1.97. The van der Waals surface area contributed by atoms with Gasteiger partial charge in [-0.15, -0.1) is 0 Å². The molecule has 0 spiro atoms. The van der Waals surface area contributed by atoms with Crippen molar-refractivity contribution in [3.05, 3.63) is 94.1 Å². The molecule has 2 nitrogen and oxygen atoms in total. The minimum atomic E-state index is -0.152. The second kappa shape index (κ2) is 6.89. The summed E-state index contributed by atoms with van der Waals surface area (Å²) in [6.45, 7) is 0. The van der Waals surface area contributed by atoms with Gasteiger partial charge in [-0.05, 0) is 0 Å². The van der Waals surface area contributed by atoms with Gasteiger partial charge in [-0.25, -0.2) is 0 Å². The molecule has 0 saturated carbocycles. The first-order valence-corrected chi connectivity index (χ1v) is 9.86. The summed E-state index contributed by atoms with van der Waals surface area (Å²) in [6, 6.07) is 24.8. The second-order valence-corrected chi connectivity index (χ2v) is 8.22. The van der Waals surface area contributed by atoms with Gasteiger partial charge in [0.1, 0.15) is 0 Å². The van der Waals surface area contributed by atoms with E-state index in [2.05, 4.69) is 0 Å². The molecule has 0 saturated heterocycles. The molecule has 0 fully saturated rings. The van der Waals surface area contributed by atoms with Crippen molar-refractivity contribution in [1.82, 2.24) is 0 Å². The third-order valence-electron chi connectivity index (χ3n) is 3.83. The first-order chi connectivity index (χ1) is 12.2. The molecule has 122 valence electrons. The maximum absolute atomic E-state index is 13.1. The summed E-state index contributed by atoms with van der Waals surface area (Å²) in [5.41, 5.74) is 1.50. The van der Waals surface area contributed by atoms with Crippen LogP contribution in [0.25, 0.3) is 22.3 Å². The van der Waals surface area contributed by atoms with Crippen molar-refractivity contribution in [2.75, 3.05) is 0 Å². The van der Waals surface area contributed by atoms with Gasteiger partial charge in [-0.3, -0.25) is 0 Å². The molecule has 0 aliphatic heterocycles. The Morgan fingerprint density at radius 1 is 0.800 bits per heavy atom. The van der Waals surface area contributed by atoms with Crippen molar-refractivity contribution < 1.29 is 4.42 Å². The third kappa shape index (κ3) is 3.27. The van der Waals surface area contributed by atoms with Gasteiger partial charge in [0.15, 0.2) is 0 Å². The van der Waals surface area contributed by atoms with E-state index in [-0.39, 0.29) is 20.4 Å². The third-order valence-corrected chi connectivity index (χ3v) is 6.35. The molecule has 0 aliphatic rings. The number of fused-ring (bicyclic) bond motifs is 1. The Labute approximate surface area is 156 Å². The van der Waals surface area contributed by atoms with E-state index in [0.717, 1.165) is 14.5 Å². The van der Waals surface area contributed by atoms with Crippen LogP contribution in [0.15, 0.2) is 88.1 Å². The molecule has 0 amide bonds. The van der Waals surface area contributed by atoms with Crippen molar-refractivity contribution in [3.63, 3.8) is 0 Å². The molecular weight excluding hydrogens is 399 g/mol. The predicted octanol–water partition coefficient (Wildman–Crippen LogP) is 3.77. The molecule has 0 radical (unpaired) electrons. The van der Waals surface area contributed by atoms with Gasteiger partial charge in [0, 0.05) is 0 Å². The Kier molecular flexibility index (Phi) is 4.46. The van der Waals surface area contributed by atoms with Gasteiger partial charge >= 0.3 is 156 Å². The standard InChI is InChI=1S/C21H13ClO2Se/c22-15-12-10-14(11-13-15)20-21(25-16-6-2-1-3-7-16)19(23)17-8-4-5-9-18(17)24-20/h1-13H. The van der Waals surface area contributed by atoms with Crippen LogP contribution in [0.4, 0.5) is 0 Å². The summed E-state index contributed by atoms with van der Waals surface area (Å²) >= 11 is 5.85. The van der Waals surface area contributed by atoms with Gasteiger partial charge in [0.05, 0.1) is 0 Å². The summed E-state index contributed by atoms with van der Waals surface area (Å²) in [5.74, 6) is 0.629. The van der Waals surface area contributed by atoms with Crippen LogP contribution >= 0.6 is 11.6 Å². The normalized spacial score (nSPS) is 10.9. The van der Waals surface area contributed by atoms with E-state index in [4.69, 9.17) is 16.0 Å². The number of benzene rings is 3. The number of halogens is 1. The van der Waals surface area contributed by atoms with E-state index in [0.29, 0.717) is 21.8 Å². The van der Waals surface area contributed by atoms with Crippen molar-refractivity contribution in [1.29, 1.82) is 0 Å². The summed E-state index contributed by atoms with van der Waals surface area (Å²) in [6.07, 6.45) is 0. The zero-order valence-corrected chi connectivity index (χ0v) is 15.6. The quantitative estimate of drug-likeness (QED) is 0.480. The van der Waals surface area contributed by atoms with Crippen molar-refractivity contribution >= 4 is 46.5 Å². The number of hydrogen-bond acceptors (Lipinski definition) is 2. The molecule has 0 aliphatic carbocycles. The van der Waals surface area contributed by atoms with Crippen LogP contribution in [0.3, 0.4) is 0 Å². The maximum atomic E-state index is 13.1. The number of para-hydroxylation sites is 1. The predicted molar refractivity (Wildman–Crippen MR) is 104 cm³/mol. The molecule has 4 aromatic rings. The van der Waals surface area contributed by atoms with Gasteiger partial charge in [0.25, 0.3) is 0 Å². The molecule has 0 atom stereocenters. The molecule has 3 aromatic carbocycles. The van der Waals surface area contributed by atoms with Crippen LogP contribution in [-0.4, -0.2) is 15.0 Å². The van der Waals surface area contributed by atoms with Crippen molar-refractivity contribution in [2.24, 2.45) is 0 Å². The Bertz CT molecular complexity index is 1090. The Morgan fingerprint density at radius 3 is 2.24 bits per heavy atom. The van der Waals surface area contributed by atoms with Crippen LogP contribution in [0, 0.1) is 0 Å². The number of hydrogen-bond donors (Lipinski definition) is 0. The summed E-state index contributed by atoms with van der Waals surface area (Å²) in [7, 11) is 0. The molecule has 1 aromatic heterocycles. The number of rotatable bonds is 3. The zero-order valence-electron chi connectivity index (χ0n) is 13.1. The zero-order chi connectivity index (χ0) is 17.2. The van der Waals surface area contributed by atoms with E-state index in [1.165, 1.54) is 0 Å². The summed E-state index contributed by atoms with van der Waals surface area (Å²) in [5, 5.41) is 1.27. The molecule has 0 bridgehead atoms. The molecular formula is C21H13ClO2Se. The molecule has 1 heterocycles. The van der Waals surface area contributed by atoms with Crippen molar-refractivity contribution in [3.8, 4) is 11.3 Å². The average molecular weight is 412 g/mol.